The Kier molecular flexibility index (Phi) is 5.58. The van der Waals surface area contributed by atoms with Gasteiger partial charge in [-0.3, -0.25) is 14.9 Å². The van der Waals surface area contributed by atoms with E-state index in [4.69, 9.17) is 11.6 Å². The second-order valence-electron chi connectivity index (χ2n) is 5.23. The van der Waals surface area contributed by atoms with Crippen molar-refractivity contribution in [2.45, 2.75) is 31.1 Å². The first-order valence-corrected chi connectivity index (χ1v) is 8.07. The summed E-state index contributed by atoms with van der Waals surface area (Å²) in [5, 5.41) is 13.7. The highest BCUT2D eigenvalue weighted by atomic mass is 79.9. The third-order valence-corrected chi connectivity index (χ3v) is 4.73. The quantitative estimate of drug-likeness (QED) is 0.493. The lowest BCUT2D eigenvalue weighted by Gasteiger charge is -2.27. The van der Waals surface area contributed by atoms with Crippen LogP contribution in [0.4, 0.5) is 5.69 Å². The molecule has 1 aromatic rings. The molecule has 1 amide bonds. The predicted octanol–water partition coefficient (Wildman–Crippen LogP) is 3.88. The SMILES string of the molecule is O=C(NCC1CCCCC1Cl)c1cc(Br)cc([N+](=O)[O-])c1. The lowest BCUT2D eigenvalue weighted by Crippen LogP contribution is -2.34. The number of hydrogen-bond acceptors (Lipinski definition) is 3. The molecule has 1 aromatic carbocycles. The fourth-order valence-electron chi connectivity index (χ4n) is 2.53. The zero-order valence-corrected chi connectivity index (χ0v) is 13.7. The Morgan fingerprint density at radius 1 is 1.38 bits per heavy atom. The van der Waals surface area contributed by atoms with Gasteiger partial charge in [0.25, 0.3) is 11.6 Å². The molecule has 0 heterocycles. The van der Waals surface area contributed by atoms with E-state index in [1.165, 1.54) is 12.1 Å². The van der Waals surface area contributed by atoms with E-state index < -0.39 is 4.92 Å². The molecule has 2 unspecified atom stereocenters. The first kappa shape index (κ1) is 16.2. The van der Waals surface area contributed by atoms with Crippen molar-refractivity contribution in [2.24, 2.45) is 5.92 Å². The highest BCUT2D eigenvalue weighted by Crippen LogP contribution is 2.28. The molecule has 0 bridgehead atoms. The van der Waals surface area contributed by atoms with Gasteiger partial charge in [-0.25, -0.2) is 0 Å². The Hall–Kier alpha value is -1.14. The van der Waals surface area contributed by atoms with E-state index in [1.807, 2.05) is 0 Å². The fraction of sp³-hybridized carbons (Fsp3) is 0.500. The van der Waals surface area contributed by atoms with Crippen LogP contribution >= 0.6 is 27.5 Å². The van der Waals surface area contributed by atoms with Gasteiger partial charge in [-0.2, -0.15) is 0 Å². The first-order valence-electron chi connectivity index (χ1n) is 6.84. The molecule has 1 saturated carbocycles. The third-order valence-electron chi connectivity index (χ3n) is 3.70. The Morgan fingerprint density at radius 2 is 2.10 bits per heavy atom. The van der Waals surface area contributed by atoms with Gasteiger partial charge in [-0.05, 0) is 24.8 Å². The van der Waals surface area contributed by atoms with Crippen molar-refractivity contribution in [3.05, 3.63) is 38.3 Å². The maximum atomic E-state index is 12.1. The summed E-state index contributed by atoms with van der Waals surface area (Å²) in [6.45, 7) is 0.507. The fourth-order valence-corrected chi connectivity index (χ4v) is 3.38. The Labute approximate surface area is 136 Å². The summed E-state index contributed by atoms with van der Waals surface area (Å²) in [6, 6.07) is 4.22. The second kappa shape index (κ2) is 7.22. The standard InChI is InChI=1S/C14H16BrClN2O3/c15-11-5-10(6-12(7-11)18(20)21)14(19)17-8-9-3-1-2-4-13(9)16/h5-7,9,13H,1-4,8H2,(H,17,19). The summed E-state index contributed by atoms with van der Waals surface area (Å²) in [5.41, 5.74) is 0.167. The molecule has 1 N–H and O–H groups in total. The summed E-state index contributed by atoms with van der Waals surface area (Å²) in [4.78, 5) is 22.4. The third kappa shape index (κ3) is 4.41. The minimum atomic E-state index is -0.516. The van der Waals surface area contributed by atoms with E-state index in [9.17, 15) is 14.9 Å². The highest BCUT2D eigenvalue weighted by Gasteiger charge is 2.24. The molecule has 1 aliphatic rings. The van der Waals surface area contributed by atoms with E-state index in [-0.39, 0.29) is 28.5 Å². The minimum absolute atomic E-state index is 0.0934. The van der Waals surface area contributed by atoms with Crippen LogP contribution in [0.25, 0.3) is 0 Å². The molecule has 114 valence electrons. The van der Waals surface area contributed by atoms with Gasteiger partial charge in [0.1, 0.15) is 0 Å². The van der Waals surface area contributed by atoms with Crippen molar-refractivity contribution in [2.75, 3.05) is 6.54 Å². The lowest BCUT2D eigenvalue weighted by atomic mass is 9.88. The highest BCUT2D eigenvalue weighted by molar-refractivity contribution is 9.10. The molecule has 0 aromatic heterocycles. The molecule has 5 nitrogen and oxygen atoms in total. The van der Waals surface area contributed by atoms with E-state index >= 15 is 0 Å². The number of rotatable bonds is 4. The van der Waals surface area contributed by atoms with E-state index in [1.54, 1.807) is 6.07 Å². The number of carbonyl (C=O) groups excluding carboxylic acids is 1. The molecule has 2 atom stereocenters. The number of benzene rings is 1. The summed E-state index contributed by atoms with van der Waals surface area (Å²) >= 11 is 9.44. The van der Waals surface area contributed by atoms with Crippen LogP contribution in [0.1, 0.15) is 36.0 Å². The molecule has 0 saturated heterocycles. The number of alkyl halides is 1. The normalized spacial score (nSPS) is 21.8. The maximum absolute atomic E-state index is 12.1. The summed E-state index contributed by atoms with van der Waals surface area (Å²) in [5.74, 6) is -0.0413. The number of nitrogens with zero attached hydrogens (tertiary/aromatic N) is 1. The number of amides is 1. The molecule has 21 heavy (non-hydrogen) atoms. The van der Waals surface area contributed by atoms with Crippen molar-refractivity contribution in [1.82, 2.24) is 5.32 Å². The van der Waals surface area contributed by atoms with Crippen LogP contribution in [0, 0.1) is 16.0 Å². The van der Waals surface area contributed by atoms with Gasteiger partial charge >= 0.3 is 0 Å². The van der Waals surface area contributed by atoms with Crippen LogP contribution in [0.5, 0.6) is 0 Å². The van der Waals surface area contributed by atoms with Crippen molar-refractivity contribution in [3.63, 3.8) is 0 Å². The average molecular weight is 376 g/mol. The Morgan fingerprint density at radius 3 is 2.76 bits per heavy atom. The van der Waals surface area contributed by atoms with Crippen molar-refractivity contribution in [1.29, 1.82) is 0 Å². The molecule has 0 aliphatic heterocycles. The number of hydrogen-bond donors (Lipinski definition) is 1. The summed E-state index contributed by atoms with van der Waals surface area (Å²) in [7, 11) is 0. The van der Waals surface area contributed by atoms with Gasteiger partial charge in [-0.1, -0.05) is 28.8 Å². The lowest BCUT2D eigenvalue weighted by molar-refractivity contribution is -0.385. The zero-order valence-electron chi connectivity index (χ0n) is 11.4. The van der Waals surface area contributed by atoms with E-state index in [0.717, 1.165) is 25.7 Å². The van der Waals surface area contributed by atoms with Crippen LogP contribution in [0.2, 0.25) is 0 Å². The Bertz CT molecular complexity index is 553. The van der Waals surface area contributed by atoms with Crippen LogP contribution < -0.4 is 5.32 Å². The summed E-state index contributed by atoms with van der Waals surface area (Å²) < 4.78 is 0.509. The predicted molar refractivity (Wildman–Crippen MR) is 84.7 cm³/mol. The van der Waals surface area contributed by atoms with Gasteiger partial charge < -0.3 is 5.32 Å². The van der Waals surface area contributed by atoms with E-state index in [2.05, 4.69) is 21.2 Å². The van der Waals surface area contributed by atoms with Crippen molar-refractivity contribution < 1.29 is 9.72 Å². The van der Waals surface area contributed by atoms with Crippen LogP contribution in [-0.4, -0.2) is 22.8 Å². The van der Waals surface area contributed by atoms with Gasteiger partial charge in [0.05, 0.1) is 4.92 Å². The largest absolute Gasteiger partial charge is 0.352 e. The number of nitrogens with one attached hydrogen (secondary N) is 1. The average Bonchev–Trinajstić information content (AvgIpc) is 2.45. The number of nitro benzene ring substituents is 1. The Balaban J connectivity index is 2.01. The molecule has 1 aliphatic carbocycles. The van der Waals surface area contributed by atoms with Crippen molar-refractivity contribution >= 4 is 39.1 Å². The molecule has 7 heteroatoms. The number of carbonyl (C=O) groups is 1. The number of non-ortho nitro benzene ring substituents is 1. The zero-order chi connectivity index (χ0) is 15.4. The van der Waals surface area contributed by atoms with Gasteiger partial charge in [0.15, 0.2) is 0 Å². The first-order chi connectivity index (χ1) is 9.97. The molecule has 0 spiro atoms. The maximum Gasteiger partial charge on any atom is 0.271 e. The van der Waals surface area contributed by atoms with Crippen LogP contribution in [0.3, 0.4) is 0 Å². The van der Waals surface area contributed by atoms with Gasteiger partial charge in [0.2, 0.25) is 0 Å². The smallest absolute Gasteiger partial charge is 0.271 e. The summed E-state index contributed by atoms with van der Waals surface area (Å²) in [6.07, 6.45) is 4.25. The second-order valence-corrected chi connectivity index (χ2v) is 6.70. The monoisotopic (exact) mass is 374 g/mol. The van der Waals surface area contributed by atoms with Crippen LogP contribution in [0.15, 0.2) is 22.7 Å². The minimum Gasteiger partial charge on any atom is -0.352 e. The molecule has 1 fully saturated rings. The number of halogens is 2. The van der Waals surface area contributed by atoms with Gasteiger partial charge in [0, 0.05) is 34.1 Å². The van der Waals surface area contributed by atoms with Crippen molar-refractivity contribution in [3.8, 4) is 0 Å². The van der Waals surface area contributed by atoms with Crippen LogP contribution in [-0.2, 0) is 0 Å². The molecular formula is C14H16BrClN2O3. The van der Waals surface area contributed by atoms with Gasteiger partial charge in [-0.15, -0.1) is 11.6 Å². The topological polar surface area (TPSA) is 72.2 Å². The number of nitro groups is 1. The molecular weight excluding hydrogens is 360 g/mol. The molecule has 0 radical (unpaired) electrons. The molecule has 2 rings (SSSR count). The van der Waals surface area contributed by atoms with E-state index in [0.29, 0.717) is 11.0 Å².